The number of nitrogens with zero attached hydrogens (tertiary/aromatic N) is 2. The number of furan rings is 1. The second-order valence-electron chi connectivity index (χ2n) is 7.50. The van der Waals surface area contributed by atoms with Crippen LogP contribution < -0.4 is 15.7 Å². The molecule has 1 amide bonds. The van der Waals surface area contributed by atoms with Crippen LogP contribution >= 0.6 is 0 Å². The molecule has 0 spiro atoms. The number of ether oxygens (including phenoxy) is 2. The maximum Gasteiger partial charge on any atom is 0.252 e. The minimum atomic E-state index is -1.41. The number of carboxylic acids is 1. The van der Waals surface area contributed by atoms with Gasteiger partial charge in [-0.25, -0.2) is 9.97 Å². The van der Waals surface area contributed by atoms with E-state index in [1.165, 1.54) is 18.2 Å². The molecule has 2 N–H and O–H groups in total. The molecule has 1 aromatic carbocycles. The van der Waals surface area contributed by atoms with E-state index in [4.69, 9.17) is 13.9 Å². The van der Waals surface area contributed by atoms with Crippen LogP contribution in [0, 0.1) is 0 Å². The molecule has 4 atom stereocenters. The Hall–Kier alpha value is -3.76. The molecule has 164 valence electrons. The number of carboxylic acid groups (broad SMARTS) is 1. The number of hydrogen-bond acceptors (Lipinski definition) is 9. The third kappa shape index (κ3) is 3.81. The SMILES string of the molecule is O=C([O-])c1ccccc1C(=O)N[C@H]1CO[C@H]2[C@@H]1OC[C@@H]2Nc1nccc(-c2ccco2)n1. The number of carbonyl (C=O) groups is 2. The van der Waals surface area contributed by atoms with Crippen LogP contribution in [0.4, 0.5) is 5.95 Å². The predicted octanol–water partition coefficient (Wildman–Crippen LogP) is 0.477. The van der Waals surface area contributed by atoms with Crippen molar-refractivity contribution in [2.24, 2.45) is 0 Å². The van der Waals surface area contributed by atoms with E-state index in [0.29, 0.717) is 24.0 Å². The van der Waals surface area contributed by atoms with Gasteiger partial charge in [-0.1, -0.05) is 18.2 Å². The van der Waals surface area contributed by atoms with Crippen molar-refractivity contribution in [3.05, 3.63) is 66.1 Å². The summed E-state index contributed by atoms with van der Waals surface area (Å²) in [5.74, 6) is -0.886. The van der Waals surface area contributed by atoms with Crippen LogP contribution in [0.5, 0.6) is 0 Å². The summed E-state index contributed by atoms with van der Waals surface area (Å²) in [4.78, 5) is 32.7. The number of anilines is 1. The number of hydrogen-bond donors (Lipinski definition) is 2. The Labute approximate surface area is 182 Å². The van der Waals surface area contributed by atoms with Crippen LogP contribution in [-0.4, -0.2) is 59.3 Å². The van der Waals surface area contributed by atoms with E-state index < -0.39 is 17.9 Å². The lowest BCUT2D eigenvalue weighted by Gasteiger charge is -2.19. The third-order valence-corrected chi connectivity index (χ3v) is 5.51. The highest BCUT2D eigenvalue weighted by molar-refractivity contribution is 6.04. The first-order valence-electron chi connectivity index (χ1n) is 10.1. The number of benzene rings is 1. The van der Waals surface area contributed by atoms with Gasteiger partial charge in [0.25, 0.3) is 5.91 Å². The number of aromatic carboxylic acids is 1. The maximum atomic E-state index is 12.7. The molecule has 10 heteroatoms. The Morgan fingerprint density at radius 3 is 2.47 bits per heavy atom. The first kappa shape index (κ1) is 20.2. The lowest BCUT2D eigenvalue weighted by molar-refractivity contribution is -0.255. The smallest absolute Gasteiger partial charge is 0.252 e. The Morgan fingerprint density at radius 2 is 1.72 bits per heavy atom. The van der Waals surface area contributed by atoms with E-state index in [9.17, 15) is 14.7 Å². The Bertz CT molecular complexity index is 1130. The van der Waals surface area contributed by atoms with Crippen LogP contribution in [0.15, 0.2) is 59.3 Å². The first-order valence-corrected chi connectivity index (χ1v) is 10.1. The standard InChI is InChI=1S/C22H20N4O6/c27-20(12-4-1-2-5-13(12)21(28)29)24-15-10-31-19-16(11-32-18(15)19)26-22-23-8-7-14(25-22)17-6-3-9-30-17/h1-9,15-16,18-19H,10-11H2,(H,24,27)(H,28,29)(H,23,25,26)/p-1/t15-,16-,18+,19+/m0/s1. The fourth-order valence-corrected chi connectivity index (χ4v) is 4.01. The van der Waals surface area contributed by atoms with Crippen molar-refractivity contribution in [1.29, 1.82) is 0 Å². The summed E-state index contributed by atoms with van der Waals surface area (Å²) in [6.07, 6.45) is 2.49. The van der Waals surface area contributed by atoms with Crippen molar-refractivity contribution in [2.45, 2.75) is 24.3 Å². The molecule has 5 rings (SSSR count). The number of rotatable bonds is 6. The highest BCUT2D eigenvalue weighted by Gasteiger charge is 2.48. The number of fused-ring (bicyclic) bond motifs is 1. The molecule has 0 unspecified atom stereocenters. The zero-order valence-corrected chi connectivity index (χ0v) is 16.8. The molecule has 2 aliphatic heterocycles. The van der Waals surface area contributed by atoms with Crippen molar-refractivity contribution in [3.63, 3.8) is 0 Å². The van der Waals surface area contributed by atoms with Gasteiger partial charge in [0.1, 0.15) is 17.9 Å². The van der Waals surface area contributed by atoms with Gasteiger partial charge < -0.3 is 34.4 Å². The molecule has 2 fully saturated rings. The quantitative estimate of drug-likeness (QED) is 0.566. The molecule has 0 bridgehead atoms. The average molecular weight is 435 g/mol. The third-order valence-electron chi connectivity index (χ3n) is 5.51. The number of nitrogens with one attached hydrogen (secondary N) is 2. The van der Waals surface area contributed by atoms with Gasteiger partial charge in [-0.2, -0.15) is 0 Å². The summed E-state index contributed by atoms with van der Waals surface area (Å²) in [5, 5.41) is 17.3. The molecule has 10 nitrogen and oxygen atoms in total. The summed E-state index contributed by atoms with van der Waals surface area (Å²) in [6, 6.07) is 10.6. The number of carbonyl (C=O) groups excluding carboxylic acids is 2. The molecule has 2 aromatic heterocycles. The minimum absolute atomic E-state index is 0.0340. The van der Waals surface area contributed by atoms with Crippen molar-refractivity contribution in [2.75, 3.05) is 18.5 Å². The van der Waals surface area contributed by atoms with Gasteiger partial charge >= 0.3 is 0 Å². The van der Waals surface area contributed by atoms with Gasteiger partial charge in [-0.3, -0.25) is 4.79 Å². The predicted molar refractivity (Wildman–Crippen MR) is 109 cm³/mol. The molecule has 32 heavy (non-hydrogen) atoms. The summed E-state index contributed by atoms with van der Waals surface area (Å²) < 4.78 is 17.1. The van der Waals surface area contributed by atoms with Crippen molar-refractivity contribution in [3.8, 4) is 11.5 Å². The molecule has 4 heterocycles. The van der Waals surface area contributed by atoms with Gasteiger partial charge in [-0.05, 0) is 24.3 Å². The Kier molecular flexibility index (Phi) is 5.29. The van der Waals surface area contributed by atoms with Crippen LogP contribution in [0.2, 0.25) is 0 Å². The van der Waals surface area contributed by atoms with Gasteiger partial charge in [-0.15, -0.1) is 0 Å². The largest absolute Gasteiger partial charge is 0.545 e. The van der Waals surface area contributed by atoms with Crippen molar-refractivity contribution in [1.82, 2.24) is 15.3 Å². The molecule has 2 aliphatic rings. The zero-order valence-electron chi connectivity index (χ0n) is 16.8. The molecule has 0 radical (unpaired) electrons. The normalized spacial score (nSPS) is 24.1. The molecule has 0 aliphatic carbocycles. The molecule has 0 saturated carbocycles. The summed E-state index contributed by atoms with van der Waals surface area (Å²) in [7, 11) is 0. The fraction of sp³-hybridized carbons (Fsp3) is 0.273. The second kappa shape index (κ2) is 8.40. The summed E-state index contributed by atoms with van der Waals surface area (Å²) >= 11 is 0. The van der Waals surface area contributed by atoms with E-state index in [1.54, 1.807) is 30.7 Å². The molecular weight excluding hydrogens is 416 g/mol. The Morgan fingerprint density at radius 1 is 0.969 bits per heavy atom. The van der Waals surface area contributed by atoms with Gasteiger partial charge in [0.2, 0.25) is 5.95 Å². The van der Waals surface area contributed by atoms with Crippen LogP contribution in [0.1, 0.15) is 20.7 Å². The van der Waals surface area contributed by atoms with Gasteiger partial charge in [0, 0.05) is 17.3 Å². The van der Waals surface area contributed by atoms with Crippen LogP contribution in [-0.2, 0) is 9.47 Å². The summed E-state index contributed by atoms with van der Waals surface area (Å²) in [6.45, 7) is 0.575. The highest BCUT2D eigenvalue weighted by Crippen LogP contribution is 2.29. The number of amides is 1. The topological polar surface area (TPSA) is 139 Å². The van der Waals surface area contributed by atoms with Gasteiger partial charge in [0.05, 0.1) is 37.5 Å². The van der Waals surface area contributed by atoms with Crippen molar-refractivity contribution >= 4 is 17.8 Å². The van der Waals surface area contributed by atoms with E-state index in [0.717, 1.165) is 0 Å². The zero-order chi connectivity index (χ0) is 22.1. The van der Waals surface area contributed by atoms with Crippen molar-refractivity contribution < 1.29 is 28.6 Å². The fourth-order valence-electron chi connectivity index (χ4n) is 4.01. The van der Waals surface area contributed by atoms with E-state index >= 15 is 0 Å². The lowest BCUT2D eigenvalue weighted by atomic mass is 10.0. The highest BCUT2D eigenvalue weighted by atomic mass is 16.6. The van der Waals surface area contributed by atoms with Crippen LogP contribution in [0.3, 0.4) is 0 Å². The summed E-state index contributed by atoms with van der Waals surface area (Å²) in [5.41, 5.74) is 0.514. The lowest BCUT2D eigenvalue weighted by Crippen LogP contribution is -2.45. The Balaban J connectivity index is 1.25. The van der Waals surface area contributed by atoms with Gasteiger partial charge in [0.15, 0.2) is 5.76 Å². The molecule has 3 aromatic rings. The minimum Gasteiger partial charge on any atom is -0.545 e. The van der Waals surface area contributed by atoms with E-state index in [-0.39, 0.29) is 36.0 Å². The van der Waals surface area contributed by atoms with Crippen LogP contribution in [0.25, 0.3) is 11.5 Å². The monoisotopic (exact) mass is 435 g/mol. The molecular formula is C22H19N4O6-. The first-order chi connectivity index (χ1) is 15.6. The van der Waals surface area contributed by atoms with E-state index in [2.05, 4.69) is 20.6 Å². The van der Waals surface area contributed by atoms with E-state index in [1.807, 2.05) is 6.07 Å². The average Bonchev–Trinajstić information content (AvgIpc) is 3.54. The maximum absolute atomic E-state index is 12.7. The number of aromatic nitrogens is 2. The molecule has 2 saturated heterocycles. The second-order valence-corrected chi connectivity index (χ2v) is 7.50.